The fraction of sp³-hybridized carbons (Fsp3) is 0.429. The summed E-state index contributed by atoms with van der Waals surface area (Å²) in [5.41, 5.74) is 1.35. The molecule has 5 nitrogen and oxygen atoms in total. The van der Waals surface area contributed by atoms with Gasteiger partial charge in [0, 0.05) is 17.6 Å². The van der Waals surface area contributed by atoms with E-state index in [2.05, 4.69) is 21.2 Å². The summed E-state index contributed by atoms with van der Waals surface area (Å²) < 4.78 is 39.3. The van der Waals surface area contributed by atoms with Gasteiger partial charge >= 0.3 is 18.2 Å². The van der Waals surface area contributed by atoms with Crippen molar-refractivity contribution >= 4 is 33.6 Å². The van der Waals surface area contributed by atoms with Crippen LogP contribution in [0.3, 0.4) is 0 Å². The lowest BCUT2D eigenvalue weighted by Crippen LogP contribution is -2.35. The Morgan fingerprint density at radius 2 is 2.00 bits per heavy atom. The van der Waals surface area contributed by atoms with E-state index in [0.717, 1.165) is 10.5 Å². The molecule has 1 saturated heterocycles. The van der Waals surface area contributed by atoms with E-state index in [-0.39, 0.29) is 0 Å². The molecule has 0 aliphatic carbocycles. The molecular formula is C14H14BrF3N2O3. The number of likely N-dealkylation sites (tertiary alicyclic amines) is 1. The van der Waals surface area contributed by atoms with Gasteiger partial charge in [-0.3, -0.25) is 4.79 Å². The maximum absolute atomic E-state index is 12.9. The Labute approximate surface area is 138 Å². The Kier molecular flexibility index (Phi) is 4.88. The predicted molar refractivity (Wildman–Crippen MR) is 80.1 cm³/mol. The van der Waals surface area contributed by atoms with E-state index in [9.17, 15) is 22.8 Å². The maximum atomic E-state index is 12.9. The second-order valence-corrected chi connectivity index (χ2v) is 6.27. The van der Waals surface area contributed by atoms with Crippen molar-refractivity contribution in [3.63, 3.8) is 0 Å². The monoisotopic (exact) mass is 394 g/mol. The van der Waals surface area contributed by atoms with Gasteiger partial charge in [-0.25, -0.2) is 4.79 Å². The molecule has 2 N–H and O–H groups in total. The van der Waals surface area contributed by atoms with E-state index < -0.39 is 43.1 Å². The van der Waals surface area contributed by atoms with Gasteiger partial charge in [0.25, 0.3) is 0 Å². The lowest BCUT2D eigenvalue weighted by Gasteiger charge is -2.19. The fourth-order valence-electron chi connectivity index (χ4n) is 2.47. The first kappa shape index (κ1) is 17.6. The van der Waals surface area contributed by atoms with Gasteiger partial charge in [-0.05, 0) is 40.5 Å². The Morgan fingerprint density at radius 3 is 2.48 bits per heavy atom. The number of alkyl halides is 3. The van der Waals surface area contributed by atoms with Gasteiger partial charge in [0.05, 0.1) is 17.5 Å². The van der Waals surface area contributed by atoms with Crippen molar-refractivity contribution in [2.24, 2.45) is 11.8 Å². The minimum atomic E-state index is -4.66. The summed E-state index contributed by atoms with van der Waals surface area (Å²) in [5, 5.41) is 11.4. The molecule has 0 unspecified atom stereocenters. The van der Waals surface area contributed by atoms with Crippen molar-refractivity contribution in [1.29, 1.82) is 0 Å². The van der Waals surface area contributed by atoms with Crippen LogP contribution in [-0.4, -0.2) is 41.3 Å². The fourth-order valence-corrected chi connectivity index (χ4v) is 3.06. The molecule has 2 amide bonds. The van der Waals surface area contributed by atoms with Crippen LogP contribution >= 0.6 is 15.9 Å². The van der Waals surface area contributed by atoms with E-state index in [1.165, 1.54) is 0 Å². The first-order valence-electron chi connectivity index (χ1n) is 6.71. The molecule has 0 spiro atoms. The summed E-state index contributed by atoms with van der Waals surface area (Å²) in [7, 11) is 0. The number of nitrogens with one attached hydrogen (secondary N) is 1. The topological polar surface area (TPSA) is 69.6 Å². The molecule has 1 aliphatic heterocycles. The number of amides is 2. The van der Waals surface area contributed by atoms with Crippen LogP contribution in [0.4, 0.5) is 23.7 Å². The van der Waals surface area contributed by atoms with Crippen LogP contribution in [0.15, 0.2) is 22.7 Å². The minimum absolute atomic E-state index is 0.405. The van der Waals surface area contributed by atoms with Gasteiger partial charge < -0.3 is 15.3 Å². The molecule has 9 heteroatoms. The normalized spacial score (nSPS) is 21.3. The van der Waals surface area contributed by atoms with Crippen molar-refractivity contribution in [2.75, 3.05) is 18.4 Å². The molecule has 2 rings (SSSR count). The average Bonchev–Trinajstić information content (AvgIpc) is 2.87. The van der Waals surface area contributed by atoms with Gasteiger partial charge in [0.2, 0.25) is 0 Å². The number of nitrogens with zero attached hydrogens (tertiary/aromatic N) is 1. The quantitative estimate of drug-likeness (QED) is 0.806. The molecule has 2 atom stereocenters. The summed E-state index contributed by atoms with van der Waals surface area (Å²) in [6, 6.07) is 4.34. The first-order chi connectivity index (χ1) is 10.6. The standard InChI is InChI=1S/C14H14BrF3N2O3/c1-7-2-3-11(10(15)4-7)19-13(23)20-5-8(12(21)22)9(6-20)14(16,17)18/h2-4,8-9H,5-6H2,1H3,(H,19,23)(H,21,22)/t8-,9-/m1/s1. The Hall–Kier alpha value is -1.77. The highest BCUT2D eigenvalue weighted by atomic mass is 79.9. The SMILES string of the molecule is Cc1ccc(NC(=O)N2C[C@@H](C(F)(F)F)[C@H](C(=O)O)C2)c(Br)c1. The van der Waals surface area contributed by atoms with E-state index in [1.807, 2.05) is 6.92 Å². The number of carboxylic acid groups (broad SMARTS) is 1. The van der Waals surface area contributed by atoms with E-state index in [1.54, 1.807) is 18.2 Å². The van der Waals surface area contributed by atoms with Crippen molar-refractivity contribution in [1.82, 2.24) is 4.90 Å². The molecular weight excluding hydrogens is 381 g/mol. The van der Waals surface area contributed by atoms with Crippen molar-refractivity contribution in [2.45, 2.75) is 13.1 Å². The van der Waals surface area contributed by atoms with Crippen LogP contribution in [-0.2, 0) is 4.79 Å². The highest BCUT2D eigenvalue weighted by Crippen LogP contribution is 2.38. The smallest absolute Gasteiger partial charge is 0.394 e. The lowest BCUT2D eigenvalue weighted by atomic mass is 9.96. The summed E-state index contributed by atoms with van der Waals surface area (Å²) in [5.74, 6) is -5.27. The lowest BCUT2D eigenvalue weighted by molar-refractivity contribution is -0.187. The molecule has 1 aromatic rings. The third-order valence-corrected chi connectivity index (χ3v) is 4.37. The number of rotatable bonds is 2. The second-order valence-electron chi connectivity index (χ2n) is 5.41. The van der Waals surface area contributed by atoms with Crippen LogP contribution in [0, 0.1) is 18.8 Å². The second kappa shape index (κ2) is 6.38. The number of carbonyl (C=O) groups is 2. The molecule has 1 heterocycles. The molecule has 0 aromatic heterocycles. The van der Waals surface area contributed by atoms with Crippen LogP contribution in [0.1, 0.15) is 5.56 Å². The summed E-state index contributed by atoms with van der Waals surface area (Å²) >= 11 is 3.26. The Morgan fingerprint density at radius 1 is 1.35 bits per heavy atom. The third kappa shape index (κ3) is 3.95. The molecule has 23 heavy (non-hydrogen) atoms. The number of anilines is 1. The average molecular weight is 395 g/mol. The predicted octanol–water partition coefficient (Wildman–Crippen LogP) is 3.48. The van der Waals surface area contributed by atoms with Crippen LogP contribution < -0.4 is 5.32 Å². The van der Waals surface area contributed by atoms with Gasteiger partial charge in [-0.15, -0.1) is 0 Å². The number of urea groups is 1. The maximum Gasteiger partial charge on any atom is 0.394 e. The van der Waals surface area contributed by atoms with Crippen LogP contribution in [0.25, 0.3) is 0 Å². The molecule has 0 radical (unpaired) electrons. The van der Waals surface area contributed by atoms with Crippen molar-refractivity contribution in [3.05, 3.63) is 28.2 Å². The van der Waals surface area contributed by atoms with E-state index in [4.69, 9.17) is 5.11 Å². The summed E-state index contributed by atoms with van der Waals surface area (Å²) in [4.78, 5) is 24.0. The van der Waals surface area contributed by atoms with Gasteiger partial charge in [-0.2, -0.15) is 13.2 Å². The van der Waals surface area contributed by atoms with Gasteiger partial charge in [0.15, 0.2) is 0 Å². The van der Waals surface area contributed by atoms with Crippen LogP contribution in [0.5, 0.6) is 0 Å². The number of carboxylic acids is 1. The number of hydrogen-bond acceptors (Lipinski definition) is 2. The Balaban J connectivity index is 2.13. The largest absolute Gasteiger partial charge is 0.481 e. The van der Waals surface area contributed by atoms with Gasteiger partial charge in [0.1, 0.15) is 0 Å². The third-order valence-electron chi connectivity index (χ3n) is 3.71. The Bertz CT molecular complexity index is 636. The number of carbonyl (C=O) groups excluding carboxylic acids is 1. The number of aliphatic carboxylic acids is 1. The van der Waals surface area contributed by atoms with E-state index >= 15 is 0 Å². The zero-order chi connectivity index (χ0) is 17.4. The number of aryl methyl sites for hydroxylation is 1. The minimum Gasteiger partial charge on any atom is -0.481 e. The highest BCUT2D eigenvalue weighted by molar-refractivity contribution is 9.10. The zero-order valence-corrected chi connectivity index (χ0v) is 13.6. The summed E-state index contributed by atoms with van der Waals surface area (Å²) in [6.45, 7) is 0.701. The molecule has 1 fully saturated rings. The molecule has 1 aromatic carbocycles. The highest BCUT2D eigenvalue weighted by Gasteiger charge is 2.53. The number of halogens is 4. The molecule has 126 valence electrons. The van der Waals surface area contributed by atoms with Gasteiger partial charge in [-0.1, -0.05) is 6.07 Å². The molecule has 1 aliphatic rings. The molecule has 0 saturated carbocycles. The first-order valence-corrected chi connectivity index (χ1v) is 7.50. The van der Waals surface area contributed by atoms with Crippen LogP contribution in [0.2, 0.25) is 0 Å². The van der Waals surface area contributed by atoms with Crippen molar-refractivity contribution in [3.8, 4) is 0 Å². The van der Waals surface area contributed by atoms with Crippen molar-refractivity contribution < 1.29 is 27.9 Å². The summed E-state index contributed by atoms with van der Waals surface area (Å²) in [6.07, 6.45) is -4.66. The number of benzene rings is 1. The zero-order valence-electron chi connectivity index (χ0n) is 12.0. The van der Waals surface area contributed by atoms with E-state index in [0.29, 0.717) is 10.2 Å². The number of hydrogen-bond donors (Lipinski definition) is 2. The molecule has 0 bridgehead atoms.